The second kappa shape index (κ2) is 3.29. The van der Waals surface area contributed by atoms with Gasteiger partial charge in [0, 0.05) is 18.8 Å². The van der Waals surface area contributed by atoms with E-state index in [1.165, 1.54) is 25.0 Å². The largest absolute Gasteiger partial charge is 0.478 e. The molecule has 0 unspecified atom stereocenters. The van der Waals surface area contributed by atoms with Crippen molar-refractivity contribution in [1.29, 1.82) is 0 Å². The molecule has 0 saturated heterocycles. The zero-order chi connectivity index (χ0) is 10.1. The molecule has 0 bridgehead atoms. The van der Waals surface area contributed by atoms with E-state index in [4.69, 9.17) is 5.11 Å². The minimum absolute atomic E-state index is 0.0575. The summed E-state index contributed by atoms with van der Waals surface area (Å²) in [5.74, 6) is -0.441. The molecule has 1 aromatic rings. The first-order valence-corrected chi connectivity index (χ1v) is 4.60. The van der Waals surface area contributed by atoms with Gasteiger partial charge in [-0.1, -0.05) is 0 Å². The minimum atomic E-state index is -1.05. The van der Waals surface area contributed by atoms with E-state index in [1.807, 2.05) is 0 Å². The standard InChI is InChI=1S/C10H11NO3/c12-9-5-8(10(13)14)3-4-11(9)6-7-1-2-7/h3-5,7H,1-2,6H2,(H,13,14). The summed E-state index contributed by atoms with van der Waals surface area (Å²) in [6, 6.07) is 2.64. The van der Waals surface area contributed by atoms with Gasteiger partial charge < -0.3 is 9.67 Å². The lowest BCUT2D eigenvalue weighted by Gasteiger charge is -2.03. The van der Waals surface area contributed by atoms with E-state index in [2.05, 4.69) is 0 Å². The van der Waals surface area contributed by atoms with E-state index in [0.717, 1.165) is 6.54 Å². The number of carboxylic acid groups (broad SMARTS) is 1. The van der Waals surface area contributed by atoms with Crippen LogP contribution >= 0.6 is 0 Å². The number of hydrogen-bond donors (Lipinski definition) is 1. The molecule has 0 aromatic carbocycles. The highest BCUT2D eigenvalue weighted by Crippen LogP contribution is 2.29. The number of carboxylic acids is 1. The molecule has 0 spiro atoms. The summed E-state index contributed by atoms with van der Waals surface area (Å²) in [6.45, 7) is 0.721. The molecule has 1 aromatic heterocycles. The summed E-state index contributed by atoms with van der Waals surface area (Å²) < 4.78 is 1.57. The van der Waals surface area contributed by atoms with Crippen LogP contribution in [0.3, 0.4) is 0 Å². The van der Waals surface area contributed by atoms with Crippen LogP contribution in [0.25, 0.3) is 0 Å². The van der Waals surface area contributed by atoms with Crippen LogP contribution in [0, 0.1) is 5.92 Å². The molecule has 0 aliphatic heterocycles. The summed E-state index contributed by atoms with van der Waals surface area (Å²) in [7, 11) is 0. The van der Waals surface area contributed by atoms with E-state index >= 15 is 0 Å². The lowest BCUT2D eigenvalue weighted by molar-refractivity contribution is 0.0696. The number of rotatable bonds is 3. The molecule has 4 nitrogen and oxygen atoms in total. The number of pyridine rings is 1. The maximum absolute atomic E-state index is 11.4. The lowest BCUT2D eigenvalue weighted by Crippen LogP contribution is -2.21. The third kappa shape index (κ3) is 1.84. The van der Waals surface area contributed by atoms with Crippen LogP contribution in [0.15, 0.2) is 23.1 Å². The van der Waals surface area contributed by atoms with Crippen molar-refractivity contribution in [3.63, 3.8) is 0 Å². The molecular weight excluding hydrogens is 182 g/mol. The van der Waals surface area contributed by atoms with Crippen LogP contribution in [0.2, 0.25) is 0 Å². The summed E-state index contributed by atoms with van der Waals surface area (Å²) in [4.78, 5) is 22.0. The predicted molar refractivity (Wildman–Crippen MR) is 50.4 cm³/mol. The summed E-state index contributed by atoms with van der Waals surface area (Å²) in [5.41, 5.74) is -0.168. The van der Waals surface area contributed by atoms with Gasteiger partial charge in [-0.2, -0.15) is 0 Å². The summed E-state index contributed by atoms with van der Waals surface area (Å²) in [5, 5.41) is 8.65. The topological polar surface area (TPSA) is 59.3 Å². The maximum atomic E-state index is 11.4. The monoisotopic (exact) mass is 193 g/mol. The van der Waals surface area contributed by atoms with Gasteiger partial charge in [-0.25, -0.2) is 4.79 Å². The van der Waals surface area contributed by atoms with E-state index < -0.39 is 5.97 Å². The van der Waals surface area contributed by atoms with E-state index in [0.29, 0.717) is 5.92 Å². The molecule has 74 valence electrons. The summed E-state index contributed by atoms with van der Waals surface area (Å²) in [6.07, 6.45) is 3.91. The number of carbonyl (C=O) groups is 1. The average molecular weight is 193 g/mol. The second-order valence-electron chi connectivity index (χ2n) is 3.65. The number of aromatic carboxylic acids is 1. The molecule has 1 N–H and O–H groups in total. The molecule has 4 heteroatoms. The average Bonchev–Trinajstić information content (AvgIpc) is 2.92. The second-order valence-corrected chi connectivity index (χ2v) is 3.65. The molecule has 1 aliphatic carbocycles. The van der Waals surface area contributed by atoms with Crippen molar-refractivity contribution < 1.29 is 9.90 Å². The number of aromatic nitrogens is 1. The van der Waals surface area contributed by atoms with Gasteiger partial charge in [-0.3, -0.25) is 4.79 Å². The Kier molecular flexibility index (Phi) is 2.11. The SMILES string of the molecule is O=C(O)c1ccn(CC2CC2)c(=O)c1. The minimum Gasteiger partial charge on any atom is -0.478 e. The Labute approximate surface area is 80.8 Å². The van der Waals surface area contributed by atoms with Gasteiger partial charge in [0.2, 0.25) is 0 Å². The van der Waals surface area contributed by atoms with Crippen LogP contribution in [0.4, 0.5) is 0 Å². The van der Waals surface area contributed by atoms with Crippen molar-refractivity contribution in [3.8, 4) is 0 Å². The fraction of sp³-hybridized carbons (Fsp3) is 0.400. The molecule has 14 heavy (non-hydrogen) atoms. The van der Waals surface area contributed by atoms with Gasteiger partial charge >= 0.3 is 5.97 Å². The highest BCUT2D eigenvalue weighted by molar-refractivity contribution is 5.87. The highest BCUT2D eigenvalue weighted by atomic mass is 16.4. The quantitative estimate of drug-likeness (QED) is 0.777. The Morgan fingerprint density at radius 3 is 2.79 bits per heavy atom. The fourth-order valence-corrected chi connectivity index (χ4v) is 1.37. The Balaban J connectivity index is 2.26. The Bertz CT molecular complexity index is 418. The third-order valence-corrected chi connectivity index (χ3v) is 2.39. The van der Waals surface area contributed by atoms with Crippen molar-refractivity contribution in [3.05, 3.63) is 34.2 Å². The van der Waals surface area contributed by atoms with Crippen LogP contribution in [0.5, 0.6) is 0 Å². The van der Waals surface area contributed by atoms with Crippen LogP contribution in [-0.2, 0) is 6.54 Å². The van der Waals surface area contributed by atoms with Crippen molar-refractivity contribution in [2.75, 3.05) is 0 Å². The van der Waals surface area contributed by atoms with Crippen molar-refractivity contribution in [2.24, 2.45) is 5.92 Å². The van der Waals surface area contributed by atoms with Gasteiger partial charge in [0.05, 0.1) is 5.56 Å². The molecule has 0 radical (unpaired) electrons. The van der Waals surface area contributed by atoms with E-state index in [-0.39, 0.29) is 11.1 Å². The molecular formula is C10H11NO3. The first-order valence-electron chi connectivity index (χ1n) is 4.60. The number of nitrogens with zero attached hydrogens (tertiary/aromatic N) is 1. The zero-order valence-electron chi connectivity index (χ0n) is 7.64. The van der Waals surface area contributed by atoms with Crippen LogP contribution in [-0.4, -0.2) is 15.6 Å². The van der Waals surface area contributed by atoms with Crippen molar-refractivity contribution in [2.45, 2.75) is 19.4 Å². The van der Waals surface area contributed by atoms with Crippen LogP contribution < -0.4 is 5.56 Å². The van der Waals surface area contributed by atoms with Crippen LogP contribution in [0.1, 0.15) is 23.2 Å². The van der Waals surface area contributed by atoms with Gasteiger partial charge in [-0.05, 0) is 24.8 Å². The molecule has 1 heterocycles. The normalized spacial score (nSPS) is 15.4. The maximum Gasteiger partial charge on any atom is 0.335 e. The Morgan fingerprint density at radius 2 is 2.29 bits per heavy atom. The molecule has 1 aliphatic rings. The Morgan fingerprint density at radius 1 is 1.57 bits per heavy atom. The van der Waals surface area contributed by atoms with Gasteiger partial charge in [-0.15, -0.1) is 0 Å². The van der Waals surface area contributed by atoms with Crippen molar-refractivity contribution >= 4 is 5.97 Å². The molecule has 1 saturated carbocycles. The fourth-order valence-electron chi connectivity index (χ4n) is 1.37. The number of hydrogen-bond acceptors (Lipinski definition) is 2. The van der Waals surface area contributed by atoms with Gasteiger partial charge in [0.1, 0.15) is 0 Å². The predicted octanol–water partition coefficient (Wildman–Crippen LogP) is 0.956. The highest BCUT2D eigenvalue weighted by Gasteiger charge is 2.22. The van der Waals surface area contributed by atoms with Gasteiger partial charge in [0.15, 0.2) is 0 Å². The molecule has 0 amide bonds. The summed E-state index contributed by atoms with van der Waals surface area (Å²) >= 11 is 0. The molecule has 2 rings (SSSR count). The molecule has 0 atom stereocenters. The Hall–Kier alpha value is -1.58. The van der Waals surface area contributed by atoms with E-state index in [9.17, 15) is 9.59 Å². The van der Waals surface area contributed by atoms with E-state index in [1.54, 1.807) is 10.8 Å². The smallest absolute Gasteiger partial charge is 0.335 e. The van der Waals surface area contributed by atoms with Gasteiger partial charge in [0.25, 0.3) is 5.56 Å². The first kappa shape index (κ1) is 8.99. The zero-order valence-corrected chi connectivity index (χ0v) is 7.64. The lowest BCUT2D eigenvalue weighted by atomic mass is 10.2. The molecule has 1 fully saturated rings. The third-order valence-electron chi connectivity index (χ3n) is 2.39. The first-order chi connectivity index (χ1) is 6.66. The van der Waals surface area contributed by atoms with Crippen molar-refractivity contribution in [1.82, 2.24) is 4.57 Å².